The SMILES string of the molecule is N#Cc1cc2c(nc1-n1ccc(C(F)(F)F)n1)CCCC2. The molecule has 0 N–H and O–H groups in total. The third kappa shape index (κ3) is 2.49. The second kappa shape index (κ2) is 4.88. The molecule has 0 saturated carbocycles. The van der Waals surface area contributed by atoms with E-state index >= 15 is 0 Å². The zero-order chi connectivity index (χ0) is 15.0. The second-order valence-electron chi connectivity index (χ2n) is 4.93. The second-order valence-corrected chi connectivity index (χ2v) is 4.93. The molecular weight excluding hydrogens is 281 g/mol. The average molecular weight is 292 g/mol. The summed E-state index contributed by atoms with van der Waals surface area (Å²) in [5.74, 6) is 0.161. The van der Waals surface area contributed by atoms with Crippen LogP contribution in [-0.4, -0.2) is 14.8 Å². The van der Waals surface area contributed by atoms with Crippen LogP contribution in [0.5, 0.6) is 0 Å². The van der Waals surface area contributed by atoms with E-state index in [4.69, 9.17) is 0 Å². The van der Waals surface area contributed by atoms with Gasteiger partial charge in [-0.2, -0.15) is 23.5 Å². The molecule has 0 aromatic carbocycles. The minimum Gasteiger partial charge on any atom is -0.232 e. The van der Waals surface area contributed by atoms with Gasteiger partial charge in [0.2, 0.25) is 0 Å². The van der Waals surface area contributed by atoms with Gasteiger partial charge >= 0.3 is 6.18 Å². The van der Waals surface area contributed by atoms with Crippen LogP contribution in [0.25, 0.3) is 5.82 Å². The Morgan fingerprint density at radius 1 is 1.24 bits per heavy atom. The molecule has 0 atom stereocenters. The molecule has 1 aliphatic rings. The molecule has 0 saturated heterocycles. The van der Waals surface area contributed by atoms with Crippen molar-refractivity contribution in [2.45, 2.75) is 31.9 Å². The molecule has 0 unspecified atom stereocenters. The van der Waals surface area contributed by atoms with Crippen LogP contribution in [0.2, 0.25) is 0 Å². The lowest BCUT2D eigenvalue weighted by atomic mass is 9.95. The minimum atomic E-state index is -4.51. The van der Waals surface area contributed by atoms with Gasteiger partial charge in [0.25, 0.3) is 0 Å². The topological polar surface area (TPSA) is 54.5 Å². The van der Waals surface area contributed by atoms with E-state index in [9.17, 15) is 18.4 Å². The molecule has 0 amide bonds. The number of aryl methyl sites for hydroxylation is 2. The maximum Gasteiger partial charge on any atom is 0.435 e. The molecule has 0 aliphatic heterocycles. The average Bonchev–Trinajstić information content (AvgIpc) is 2.95. The van der Waals surface area contributed by atoms with Gasteiger partial charge in [-0.05, 0) is 43.4 Å². The standard InChI is InChI=1S/C14H11F3N4/c15-14(16,17)12-5-6-21(20-12)13-10(8-18)7-9-3-1-2-4-11(9)19-13/h5-7H,1-4H2. The number of pyridine rings is 1. The highest BCUT2D eigenvalue weighted by atomic mass is 19.4. The molecule has 1 aliphatic carbocycles. The Morgan fingerprint density at radius 3 is 2.67 bits per heavy atom. The van der Waals surface area contributed by atoms with Crippen molar-refractivity contribution in [2.24, 2.45) is 0 Å². The zero-order valence-electron chi connectivity index (χ0n) is 11.0. The molecule has 0 bridgehead atoms. The molecule has 0 radical (unpaired) electrons. The fourth-order valence-corrected chi connectivity index (χ4v) is 2.47. The summed E-state index contributed by atoms with van der Waals surface area (Å²) in [5.41, 5.74) is 1.10. The third-order valence-electron chi connectivity index (χ3n) is 3.50. The zero-order valence-corrected chi connectivity index (χ0v) is 11.0. The van der Waals surface area contributed by atoms with Crippen LogP contribution in [0.3, 0.4) is 0 Å². The molecule has 2 aromatic heterocycles. The largest absolute Gasteiger partial charge is 0.435 e. The van der Waals surface area contributed by atoms with Gasteiger partial charge in [0.15, 0.2) is 11.5 Å². The van der Waals surface area contributed by atoms with Crippen LogP contribution in [0, 0.1) is 11.3 Å². The fraction of sp³-hybridized carbons (Fsp3) is 0.357. The smallest absolute Gasteiger partial charge is 0.232 e. The number of halogens is 3. The first-order valence-corrected chi connectivity index (χ1v) is 6.55. The highest BCUT2D eigenvalue weighted by molar-refractivity contribution is 5.47. The Hall–Kier alpha value is -2.36. The van der Waals surface area contributed by atoms with Crippen molar-refractivity contribution in [2.75, 3.05) is 0 Å². The third-order valence-corrected chi connectivity index (χ3v) is 3.50. The summed E-state index contributed by atoms with van der Waals surface area (Å²) >= 11 is 0. The lowest BCUT2D eigenvalue weighted by molar-refractivity contribution is -0.141. The summed E-state index contributed by atoms with van der Waals surface area (Å²) in [5, 5.41) is 12.7. The molecule has 0 fully saturated rings. The fourth-order valence-electron chi connectivity index (χ4n) is 2.47. The minimum absolute atomic E-state index is 0.161. The molecule has 2 heterocycles. The lowest BCUT2D eigenvalue weighted by Crippen LogP contribution is -2.12. The summed E-state index contributed by atoms with van der Waals surface area (Å²) < 4.78 is 38.9. The number of nitrogens with zero attached hydrogens (tertiary/aromatic N) is 4. The number of rotatable bonds is 1. The van der Waals surface area contributed by atoms with Gasteiger partial charge in [-0.25, -0.2) is 9.67 Å². The van der Waals surface area contributed by atoms with E-state index in [-0.39, 0.29) is 11.4 Å². The van der Waals surface area contributed by atoms with Crippen molar-refractivity contribution in [1.29, 1.82) is 5.26 Å². The predicted molar refractivity (Wildman–Crippen MR) is 67.7 cm³/mol. The van der Waals surface area contributed by atoms with Crippen molar-refractivity contribution in [1.82, 2.24) is 14.8 Å². The summed E-state index contributed by atoms with van der Waals surface area (Å²) in [6, 6.07) is 4.58. The molecule has 108 valence electrons. The number of hydrogen-bond acceptors (Lipinski definition) is 3. The Labute approximate surface area is 118 Å². The molecule has 7 heteroatoms. The van der Waals surface area contributed by atoms with Crippen molar-refractivity contribution >= 4 is 0 Å². The number of fused-ring (bicyclic) bond motifs is 1. The number of nitriles is 1. The predicted octanol–water partition coefficient (Wildman–Crippen LogP) is 3.04. The number of aromatic nitrogens is 3. The quantitative estimate of drug-likeness (QED) is 0.811. The van der Waals surface area contributed by atoms with E-state index in [1.54, 1.807) is 6.07 Å². The first-order chi connectivity index (χ1) is 9.99. The van der Waals surface area contributed by atoms with Gasteiger partial charge in [0, 0.05) is 11.9 Å². The number of hydrogen-bond donors (Lipinski definition) is 0. The highest BCUT2D eigenvalue weighted by Gasteiger charge is 2.34. The first-order valence-electron chi connectivity index (χ1n) is 6.55. The van der Waals surface area contributed by atoms with E-state index in [1.807, 2.05) is 6.07 Å². The van der Waals surface area contributed by atoms with Gasteiger partial charge in [0.05, 0.1) is 5.56 Å². The Morgan fingerprint density at radius 2 is 2.00 bits per heavy atom. The molecule has 21 heavy (non-hydrogen) atoms. The van der Waals surface area contributed by atoms with Crippen molar-refractivity contribution < 1.29 is 13.2 Å². The summed E-state index contributed by atoms with van der Waals surface area (Å²) in [6.45, 7) is 0. The van der Waals surface area contributed by atoms with Crippen molar-refractivity contribution in [3.05, 3.63) is 40.8 Å². The van der Waals surface area contributed by atoms with Crippen LogP contribution < -0.4 is 0 Å². The Balaban J connectivity index is 2.09. The van der Waals surface area contributed by atoms with E-state index in [2.05, 4.69) is 10.1 Å². The maximum absolute atomic E-state index is 12.6. The van der Waals surface area contributed by atoms with Crippen LogP contribution in [0.4, 0.5) is 13.2 Å². The summed E-state index contributed by atoms with van der Waals surface area (Å²) in [6.07, 6.45) is 0.344. The molecule has 0 spiro atoms. The van der Waals surface area contributed by atoms with Gasteiger partial charge in [-0.15, -0.1) is 0 Å². The summed E-state index contributed by atoms with van der Waals surface area (Å²) in [7, 11) is 0. The molecule has 4 nitrogen and oxygen atoms in total. The highest BCUT2D eigenvalue weighted by Crippen LogP contribution is 2.29. The van der Waals surface area contributed by atoms with E-state index < -0.39 is 11.9 Å². The summed E-state index contributed by atoms with van der Waals surface area (Å²) in [4.78, 5) is 4.36. The van der Waals surface area contributed by atoms with Crippen molar-refractivity contribution in [3.63, 3.8) is 0 Å². The van der Waals surface area contributed by atoms with Crippen LogP contribution in [0.1, 0.15) is 35.4 Å². The molecule has 2 aromatic rings. The van der Waals surface area contributed by atoms with E-state index in [0.717, 1.165) is 47.7 Å². The normalized spacial score (nSPS) is 14.6. The van der Waals surface area contributed by atoms with Crippen LogP contribution in [-0.2, 0) is 19.0 Å². The lowest BCUT2D eigenvalue weighted by Gasteiger charge is -2.16. The Kier molecular flexibility index (Phi) is 3.16. The van der Waals surface area contributed by atoms with Crippen LogP contribution in [0.15, 0.2) is 18.3 Å². The monoisotopic (exact) mass is 292 g/mol. The van der Waals surface area contributed by atoms with Crippen molar-refractivity contribution in [3.8, 4) is 11.9 Å². The van der Waals surface area contributed by atoms with Crippen LogP contribution >= 0.6 is 0 Å². The van der Waals surface area contributed by atoms with Gasteiger partial charge < -0.3 is 0 Å². The van der Waals surface area contributed by atoms with E-state index in [1.165, 1.54) is 6.20 Å². The van der Waals surface area contributed by atoms with Gasteiger partial charge in [0.1, 0.15) is 6.07 Å². The first kappa shape index (κ1) is 13.6. The van der Waals surface area contributed by atoms with Gasteiger partial charge in [-0.1, -0.05) is 0 Å². The Bertz CT molecular complexity index is 725. The maximum atomic E-state index is 12.6. The molecule has 3 rings (SSSR count). The molecular formula is C14H11F3N4. The van der Waals surface area contributed by atoms with Gasteiger partial charge in [-0.3, -0.25) is 0 Å². The van der Waals surface area contributed by atoms with E-state index in [0.29, 0.717) is 0 Å². The number of alkyl halides is 3.